The largest absolute Gasteiger partial charge is 0.353 e. The Hall–Kier alpha value is -1.09. The van der Waals surface area contributed by atoms with Gasteiger partial charge in [-0.2, -0.15) is 0 Å². The molecule has 0 aromatic carbocycles. The van der Waals surface area contributed by atoms with Gasteiger partial charge < -0.3 is 10.6 Å². The molecule has 3 nitrogen and oxygen atoms in total. The van der Waals surface area contributed by atoms with Crippen molar-refractivity contribution in [2.24, 2.45) is 5.73 Å². The summed E-state index contributed by atoms with van der Waals surface area (Å²) in [5.74, 6) is 1.05. The minimum absolute atomic E-state index is 0.00434. The second-order valence-electron chi connectivity index (χ2n) is 6.23. The molecule has 1 aliphatic rings. The molecule has 1 aromatic heterocycles. The van der Waals surface area contributed by atoms with Crippen LogP contribution in [0.5, 0.6) is 0 Å². The first-order valence-corrected chi connectivity index (χ1v) is 6.34. The number of nitrogens with two attached hydrogens (primary N) is 1. The van der Waals surface area contributed by atoms with Crippen LogP contribution in [0, 0.1) is 0 Å². The molecule has 3 heteroatoms. The van der Waals surface area contributed by atoms with Crippen molar-refractivity contribution >= 4 is 5.82 Å². The number of rotatable bonds is 2. The van der Waals surface area contributed by atoms with Crippen LogP contribution in [0.25, 0.3) is 0 Å². The van der Waals surface area contributed by atoms with Crippen LogP contribution >= 0.6 is 0 Å². The first-order chi connectivity index (χ1) is 7.84. The van der Waals surface area contributed by atoms with E-state index in [2.05, 4.69) is 49.7 Å². The number of hydrogen-bond acceptors (Lipinski definition) is 3. The Morgan fingerprint density at radius 3 is 2.41 bits per heavy atom. The summed E-state index contributed by atoms with van der Waals surface area (Å²) < 4.78 is 0. The van der Waals surface area contributed by atoms with Gasteiger partial charge >= 0.3 is 0 Å². The lowest BCUT2D eigenvalue weighted by molar-refractivity contribution is 0.320. The summed E-state index contributed by atoms with van der Waals surface area (Å²) in [5.41, 5.74) is 7.61. The van der Waals surface area contributed by atoms with Gasteiger partial charge in [0.05, 0.1) is 5.54 Å². The van der Waals surface area contributed by atoms with E-state index in [-0.39, 0.29) is 11.0 Å². The van der Waals surface area contributed by atoms with Crippen LogP contribution in [0.3, 0.4) is 0 Å². The van der Waals surface area contributed by atoms with E-state index in [0.29, 0.717) is 0 Å². The Balaban J connectivity index is 2.06. The van der Waals surface area contributed by atoms with E-state index < -0.39 is 0 Å². The second kappa shape index (κ2) is 3.98. The van der Waals surface area contributed by atoms with Gasteiger partial charge in [0.15, 0.2) is 0 Å². The van der Waals surface area contributed by atoms with Crippen LogP contribution in [0.4, 0.5) is 5.82 Å². The highest BCUT2D eigenvalue weighted by Gasteiger charge is 2.38. The first-order valence-electron chi connectivity index (χ1n) is 6.34. The molecule has 0 bridgehead atoms. The maximum Gasteiger partial charge on any atom is 0.128 e. The zero-order chi connectivity index (χ0) is 12.7. The Labute approximate surface area is 104 Å². The number of aromatic nitrogens is 1. The van der Waals surface area contributed by atoms with Gasteiger partial charge in [-0.15, -0.1) is 0 Å². The molecule has 1 aliphatic heterocycles. The Morgan fingerprint density at radius 2 is 2.00 bits per heavy atom. The van der Waals surface area contributed by atoms with E-state index in [9.17, 15) is 0 Å². The molecule has 2 rings (SSSR count). The summed E-state index contributed by atoms with van der Waals surface area (Å²) in [4.78, 5) is 6.78. The van der Waals surface area contributed by atoms with Crippen LogP contribution in [-0.2, 0) is 5.41 Å². The topological polar surface area (TPSA) is 42.1 Å². The first kappa shape index (κ1) is 12.4. The highest BCUT2D eigenvalue weighted by Crippen LogP contribution is 2.28. The number of hydrogen-bond donors (Lipinski definition) is 1. The summed E-state index contributed by atoms with van der Waals surface area (Å²) in [6.45, 7) is 10.6. The normalized spacial score (nSPS) is 19.0. The molecule has 2 N–H and O–H groups in total. The summed E-state index contributed by atoms with van der Waals surface area (Å²) >= 11 is 0. The molecule has 1 aromatic rings. The molecule has 0 atom stereocenters. The van der Waals surface area contributed by atoms with Gasteiger partial charge in [-0.05, 0) is 23.5 Å². The Bertz CT molecular complexity index is 383. The molecular weight excluding hydrogens is 210 g/mol. The highest BCUT2D eigenvalue weighted by molar-refractivity contribution is 5.45. The average molecular weight is 233 g/mol. The zero-order valence-electron chi connectivity index (χ0n) is 11.3. The van der Waals surface area contributed by atoms with Gasteiger partial charge in [-0.1, -0.05) is 33.8 Å². The molecule has 0 spiro atoms. The average Bonchev–Trinajstić information content (AvgIpc) is 2.24. The molecule has 1 saturated heterocycles. The van der Waals surface area contributed by atoms with E-state index in [1.807, 2.05) is 6.20 Å². The van der Waals surface area contributed by atoms with Crippen LogP contribution in [-0.4, -0.2) is 23.6 Å². The van der Waals surface area contributed by atoms with E-state index in [1.165, 1.54) is 5.56 Å². The van der Waals surface area contributed by atoms with E-state index >= 15 is 0 Å². The SMILES string of the molecule is CCC1(N)CN(c2ccc(C(C)(C)C)cn2)C1. The lowest BCUT2D eigenvalue weighted by Crippen LogP contribution is -2.67. The molecule has 0 amide bonds. The van der Waals surface area contributed by atoms with Crippen molar-refractivity contribution in [2.75, 3.05) is 18.0 Å². The van der Waals surface area contributed by atoms with Crippen LogP contribution < -0.4 is 10.6 Å². The number of pyridine rings is 1. The molecule has 0 aliphatic carbocycles. The maximum absolute atomic E-state index is 6.16. The smallest absolute Gasteiger partial charge is 0.128 e. The molecule has 94 valence electrons. The van der Waals surface area contributed by atoms with Gasteiger partial charge in [0, 0.05) is 19.3 Å². The minimum atomic E-state index is 0.00434. The molecular formula is C14H23N3. The summed E-state index contributed by atoms with van der Waals surface area (Å²) in [6, 6.07) is 4.28. The number of nitrogens with zero attached hydrogens (tertiary/aromatic N) is 2. The van der Waals surface area contributed by atoms with Crippen molar-refractivity contribution in [3.05, 3.63) is 23.9 Å². The molecule has 2 heterocycles. The van der Waals surface area contributed by atoms with Gasteiger partial charge in [0.25, 0.3) is 0 Å². The molecule has 17 heavy (non-hydrogen) atoms. The van der Waals surface area contributed by atoms with Crippen LogP contribution in [0.15, 0.2) is 18.3 Å². The fourth-order valence-corrected chi connectivity index (χ4v) is 2.12. The molecule has 0 unspecified atom stereocenters. The second-order valence-corrected chi connectivity index (χ2v) is 6.23. The van der Waals surface area contributed by atoms with Crippen molar-refractivity contribution in [3.8, 4) is 0 Å². The van der Waals surface area contributed by atoms with E-state index in [1.54, 1.807) is 0 Å². The van der Waals surface area contributed by atoms with Crippen LogP contribution in [0.2, 0.25) is 0 Å². The van der Waals surface area contributed by atoms with Crippen molar-refractivity contribution in [1.82, 2.24) is 4.98 Å². The fraction of sp³-hybridized carbons (Fsp3) is 0.643. The summed E-state index contributed by atoms with van der Waals surface area (Å²) in [5, 5.41) is 0. The minimum Gasteiger partial charge on any atom is -0.353 e. The van der Waals surface area contributed by atoms with Gasteiger partial charge in [0.2, 0.25) is 0 Å². The van der Waals surface area contributed by atoms with Crippen molar-refractivity contribution in [3.63, 3.8) is 0 Å². The monoisotopic (exact) mass is 233 g/mol. The fourth-order valence-electron chi connectivity index (χ4n) is 2.12. The Morgan fingerprint density at radius 1 is 1.35 bits per heavy atom. The summed E-state index contributed by atoms with van der Waals surface area (Å²) in [6.07, 6.45) is 3.02. The predicted octanol–water partition coefficient (Wildman–Crippen LogP) is 2.31. The third-order valence-electron chi connectivity index (χ3n) is 3.65. The zero-order valence-corrected chi connectivity index (χ0v) is 11.3. The van der Waals surface area contributed by atoms with E-state index in [4.69, 9.17) is 5.73 Å². The molecule has 1 fully saturated rings. The van der Waals surface area contributed by atoms with Crippen molar-refractivity contribution in [2.45, 2.75) is 45.1 Å². The predicted molar refractivity (Wildman–Crippen MR) is 72.4 cm³/mol. The third-order valence-corrected chi connectivity index (χ3v) is 3.65. The van der Waals surface area contributed by atoms with Gasteiger partial charge in [-0.25, -0.2) is 4.98 Å². The number of anilines is 1. The van der Waals surface area contributed by atoms with Crippen molar-refractivity contribution in [1.29, 1.82) is 0 Å². The van der Waals surface area contributed by atoms with E-state index in [0.717, 1.165) is 25.3 Å². The Kier molecular flexibility index (Phi) is 2.90. The molecule has 0 radical (unpaired) electrons. The maximum atomic E-state index is 6.16. The third kappa shape index (κ3) is 2.44. The lowest BCUT2D eigenvalue weighted by atomic mass is 9.87. The molecule has 0 saturated carbocycles. The highest BCUT2D eigenvalue weighted by atomic mass is 15.3. The van der Waals surface area contributed by atoms with Gasteiger partial charge in [-0.3, -0.25) is 0 Å². The van der Waals surface area contributed by atoms with Gasteiger partial charge in [0.1, 0.15) is 5.82 Å². The standard InChI is InChI=1S/C14H23N3/c1-5-14(15)9-17(10-14)12-7-6-11(8-16-12)13(2,3)4/h6-8H,5,9-10,15H2,1-4H3. The van der Waals surface area contributed by atoms with Crippen molar-refractivity contribution < 1.29 is 0 Å². The van der Waals surface area contributed by atoms with Crippen LogP contribution in [0.1, 0.15) is 39.7 Å². The summed E-state index contributed by atoms with van der Waals surface area (Å²) in [7, 11) is 0. The quantitative estimate of drug-likeness (QED) is 0.852. The lowest BCUT2D eigenvalue weighted by Gasteiger charge is -2.48.